The van der Waals surface area contributed by atoms with Crippen LogP contribution in [0.25, 0.3) is 0 Å². The highest BCUT2D eigenvalue weighted by atomic mass is 15.2. The second kappa shape index (κ2) is 5.13. The smallest absolute Gasteiger partial charge is 0.0110 e. The lowest BCUT2D eigenvalue weighted by atomic mass is 9.89. The Kier molecular flexibility index (Phi) is 3.82. The molecule has 1 heterocycles. The van der Waals surface area contributed by atoms with E-state index >= 15 is 0 Å². The van der Waals surface area contributed by atoms with Gasteiger partial charge in [0.25, 0.3) is 0 Å². The quantitative estimate of drug-likeness (QED) is 0.749. The minimum absolute atomic E-state index is 0.813. The Morgan fingerprint density at radius 1 is 1.00 bits per heavy atom. The third-order valence-electron chi connectivity index (χ3n) is 3.97. The maximum atomic E-state index is 5.71. The third kappa shape index (κ3) is 2.29. The molecule has 2 nitrogen and oxygen atoms in total. The van der Waals surface area contributed by atoms with Crippen molar-refractivity contribution in [2.45, 2.75) is 63.5 Å². The van der Waals surface area contributed by atoms with Crippen molar-refractivity contribution in [2.75, 3.05) is 13.1 Å². The van der Waals surface area contributed by atoms with E-state index in [4.69, 9.17) is 5.73 Å². The van der Waals surface area contributed by atoms with Gasteiger partial charge in [0.2, 0.25) is 0 Å². The third-order valence-corrected chi connectivity index (χ3v) is 3.97. The first-order valence-corrected chi connectivity index (χ1v) is 6.37. The van der Waals surface area contributed by atoms with Crippen molar-refractivity contribution in [2.24, 2.45) is 5.73 Å². The normalized spacial score (nSPS) is 31.1. The van der Waals surface area contributed by atoms with Gasteiger partial charge in [0.1, 0.15) is 0 Å². The number of likely N-dealkylation sites (tertiary alicyclic amines) is 1. The lowest BCUT2D eigenvalue weighted by Gasteiger charge is -2.41. The van der Waals surface area contributed by atoms with Gasteiger partial charge in [-0.05, 0) is 45.2 Å². The summed E-state index contributed by atoms with van der Waals surface area (Å²) in [6.45, 7) is 2.21. The summed E-state index contributed by atoms with van der Waals surface area (Å²) in [6.07, 6.45) is 11.2. The molecule has 0 spiro atoms. The number of rotatable bonds is 3. The zero-order chi connectivity index (χ0) is 9.80. The summed E-state index contributed by atoms with van der Waals surface area (Å²) in [5, 5.41) is 0. The van der Waals surface area contributed by atoms with E-state index in [0.717, 1.165) is 18.6 Å². The highest BCUT2D eigenvalue weighted by Gasteiger charge is 2.30. The van der Waals surface area contributed by atoms with Crippen LogP contribution < -0.4 is 5.73 Å². The van der Waals surface area contributed by atoms with Gasteiger partial charge < -0.3 is 5.73 Å². The fourth-order valence-electron chi connectivity index (χ4n) is 2.90. The van der Waals surface area contributed by atoms with Crippen molar-refractivity contribution in [1.29, 1.82) is 0 Å². The second-order valence-corrected chi connectivity index (χ2v) is 4.90. The lowest BCUT2D eigenvalue weighted by Crippen LogP contribution is -2.47. The molecule has 0 radical (unpaired) electrons. The van der Waals surface area contributed by atoms with Gasteiger partial charge in [0.05, 0.1) is 0 Å². The molecule has 0 aromatic heterocycles. The highest BCUT2D eigenvalue weighted by molar-refractivity contribution is 4.86. The van der Waals surface area contributed by atoms with Crippen LogP contribution in [0.5, 0.6) is 0 Å². The predicted molar refractivity (Wildman–Crippen MR) is 60.3 cm³/mol. The van der Waals surface area contributed by atoms with E-state index in [0.29, 0.717) is 0 Å². The molecule has 2 rings (SSSR count). The maximum Gasteiger partial charge on any atom is 0.0110 e. The van der Waals surface area contributed by atoms with Crippen molar-refractivity contribution in [3.05, 3.63) is 0 Å². The Morgan fingerprint density at radius 3 is 2.50 bits per heavy atom. The Labute approximate surface area is 87.8 Å². The van der Waals surface area contributed by atoms with Crippen molar-refractivity contribution >= 4 is 0 Å². The first-order valence-electron chi connectivity index (χ1n) is 6.37. The van der Waals surface area contributed by atoms with Crippen LogP contribution >= 0.6 is 0 Å². The van der Waals surface area contributed by atoms with Crippen LogP contribution in [0.1, 0.15) is 51.4 Å². The molecule has 2 aliphatic rings. The Bertz CT molecular complexity index is 166. The number of nitrogens with zero attached hydrogens (tertiary/aromatic N) is 1. The maximum absolute atomic E-state index is 5.71. The molecule has 2 heteroatoms. The molecule has 1 unspecified atom stereocenters. The zero-order valence-corrected chi connectivity index (χ0v) is 9.25. The van der Waals surface area contributed by atoms with Gasteiger partial charge in [-0.2, -0.15) is 0 Å². The van der Waals surface area contributed by atoms with Crippen molar-refractivity contribution in [3.63, 3.8) is 0 Å². The topological polar surface area (TPSA) is 29.3 Å². The molecule has 2 fully saturated rings. The van der Waals surface area contributed by atoms with E-state index in [-0.39, 0.29) is 0 Å². The molecule has 1 atom stereocenters. The van der Waals surface area contributed by atoms with Gasteiger partial charge in [-0.25, -0.2) is 0 Å². The average Bonchev–Trinajstić information content (AvgIpc) is 2.30. The molecule has 0 aromatic rings. The van der Waals surface area contributed by atoms with Gasteiger partial charge in [-0.15, -0.1) is 0 Å². The van der Waals surface area contributed by atoms with Crippen LogP contribution in [-0.4, -0.2) is 30.1 Å². The average molecular weight is 196 g/mol. The van der Waals surface area contributed by atoms with Gasteiger partial charge >= 0.3 is 0 Å². The van der Waals surface area contributed by atoms with Crippen LogP contribution in [0.15, 0.2) is 0 Å². The van der Waals surface area contributed by atoms with Crippen molar-refractivity contribution in [1.82, 2.24) is 4.90 Å². The zero-order valence-electron chi connectivity index (χ0n) is 9.25. The van der Waals surface area contributed by atoms with E-state index in [1.165, 1.54) is 57.9 Å². The fraction of sp³-hybridized carbons (Fsp3) is 1.00. The molecule has 1 saturated heterocycles. The summed E-state index contributed by atoms with van der Waals surface area (Å²) < 4.78 is 0. The monoisotopic (exact) mass is 196 g/mol. The minimum Gasteiger partial charge on any atom is -0.330 e. The van der Waals surface area contributed by atoms with E-state index in [1.54, 1.807) is 0 Å². The molecule has 2 N–H and O–H groups in total. The van der Waals surface area contributed by atoms with Crippen LogP contribution in [0.4, 0.5) is 0 Å². The molecular formula is C12H24N2. The molecule has 0 amide bonds. The highest BCUT2D eigenvalue weighted by Crippen LogP contribution is 2.30. The summed E-state index contributed by atoms with van der Waals surface area (Å²) in [7, 11) is 0. The molecular weight excluding hydrogens is 172 g/mol. The summed E-state index contributed by atoms with van der Waals surface area (Å²) in [6, 6.07) is 1.73. The van der Waals surface area contributed by atoms with E-state index in [9.17, 15) is 0 Å². The van der Waals surface area contributed by atoms with Gasteiger partial charge in [0.15, 0.2) is 0 Å². The Balaban J connectivity index is 1.91. The van der Waals surface area contributed by atoms with Crippen LogP contribution in [0, 0.1) is 0 Å². The molecule has 82 valence electrons. The van der Waals surface area contributed by atoms with Crippen molar-refractivity contribution < 1.29 is 0 Å². The summed E-state index contributed by atoms with van der Waals surface area (Å²) in [5.74, 6) is 0. The fourth-order valence-corrected chi connectivity index (χ4v) is 2.90. The Hall–Kier alpha value is -0.0800. The second-order valence-electron chi connectivity index (χ2n) is 4.90. The SMILES string of the molecule is NCCC1CCCCCN1C1CCC1. The Morgan fingerprint density at radius 2 is 1.86 bits per heavy atom. The summed E-state index contributed by atoms with van der Waals surface area (Å²) in [5.41, 5.74) is 5.71. The van der Waals surface area contributed by atoms with Crippen molar-refractivity contribution in [3.8, 4) is 0 Å². The van der Waals surface area contributed by atoms with Gasteiger partial charge in [-0.3, -0.25) is 4.90 Å². The number of hydrogen-bond donors (Lipinski definition) is 1. The summed E-state index contributed by atoms with van der Waals surface area (Å²) >= 11 is 0. The van der Waals surface area contributed by atoms with Crippen LogP contribution in [0.3, 0.4) is 0 Å². The van der Waals surface area contributed by atoms with E-state index < -0.39 is 0 Å². The first kappa shape index (κ1) is 10.4. The molecule has 1 saturated carbocycles. The molecule has 0 aromatic carbocycles. The van der Waals surface area contributed by atoms with Crippen LogP contribution in [0.2, 0.25) is 0 Å². The largest absolute Gasteiger partial charge is 0.330 e. The van der Waals surface area contributed by atoms with Gasteiger partial charge in [-0.1, -0.05) is 19.3 Å². The number of hydrogen-bond acceptors (Lipinski definition) is 2. The standard InChI is InChI=1S/C12H24N2/c13-9-8-12-5-2-1-3-10-14(12)11-6-4-7-11/h11-12H,1-10,13H2. The molecule has 14 heavy (non-hydrogen) atoms. The predicted octanol–water partition coefficient (Wildman–Crippen LogP) is 2.13. The molecule has 1 aliphatic carbocycles. The minimum atomic E-state index is 0.813. The molecule has 1 aliphatic heterocycles. The van der Waals surface area contributed by atoms with Gasteiger partial charge in [0, 0.05) is 12.1 Å². The van der Waals surface area contributed by atoms with E-state index in [1.807, 2.05) is 0 Å². The molecule has 0 bridgehead atoms. The summed E-state index contributed by atoms with van der Waals surface area (Å²) in [4.78, 5) is 2.78. The lowest BCUT2D eigenvalue weighted by molar-refractivity contribution is 0.0785. The number of nitrogens with two attached hydrogens (primary N) is 1. The first-order chi connectivity index (χ1) is 6.92. The van der Waals surface area contributed by atoms with E-state index in [2.05, 4.69) is 4.90 Å². The van der Waals surface area contributed by atoms with Crippen LogP contribution in [-0.2, 0) is 0 Å².